The van der Waals surface area contributed by atoms with Crippen molar-refractivity contribution in [3.63, 3.8) is 0 Å². The molecule has 0 aliphatic heterocycles. The predicted octanol–water partition coefficient (Wildman–Crippen LogP) is 0.791. The first-order valence-electron chi connectivity index (χ1n) is 2.93. The quantitative estimate of drug-likeness (QED) is 0.669. The number of halogens is 1. The molecule has 0 atom stereocenters. The van der Waals surface area contributed by atoms with Crippen molar-refractivity contribution in [3.8, 4) is 6.07 Å². The lowest BCUT2D eigenvalue weighted by Crippen LogP contribution is -2.03. The Bertz CT molecular complexity index is 370. The second-order valence-electron chi connectivity index (χ2n) is 1.97. The van der Waals surface area contributed by atoms with Crippen molar-refractivity contribution in [2.24, 2.45) is 0 Å². The van der Waals surface area contributed by atoms with Crippen LogP contribution in [0.3, 0.4) is 0 Å². The van der Waals surface area contributed by atoms with Gasteiger partial charge in [-0.3, -0.25) is 4.98 Å². The zero-order valence-corrected chi connectivity index (χ0v) is 5.78. The second-order valence-corrected chi connectivity index (χ2v) is 1.97. The Morgan fingerprint density at radius 1 is 1.67 bits per heavy atom. The number of aromatic nitrogens is 1. The molecule has 0 amide bonds. The molecule has 1 rings (SSSR count). The van der Waals surface area contributed by atoms with E-state index in [0.717, 1.165) is 12.4 Å². The zero-order chi connectivity index (χ0) is 9.14. The molecular weight excluding hydrogens is 163 g/mol. The van der Waals surface area contributed by atoms with Gasteiger partial charge in [0.1, 0.15) is 17.2 Å². The Labute approximate surface area is 66.9 Å². The number of pyridine rings is 1. The highest BCUT2D eigenvalue weighted by atomic mass is 19.1. The smallest absolute Gasteiger partial charge is 0.340 e. The number of hydrogen-bond donors (Lipinski definition) is 1. The molecule has 1 N–H and O–H groups in total. The molecule has 5 heteroatoms. The molecular formula is C7H3FN2O2. The van der Waals surface area contributed by atoms with Crippen molar-refractivity contribution < 1.29 is 14.3 Å². The number of hydrogen-bond acceptors (Lipinski definition) is 3. The van der Waals surface area contributed by atoms with E-state index >= 15 is 0 Å². The molecule has 0 aliphatic carbocycles. The minimum atomic E-state index is -1.43. The minimum Gasteiger partial charge on any atom is -0.478 e. The van der Waals surface area contributed by atoms with Crippen molar-refractivity contribution >= 4 is 5.97 Å². The minimum absolute atomic E-state index is 0.366. The van der Waals surface area contributed by atoms with Crippen LogP contribution >= 0.6 is 0 Å². The Morgan fingerprint density at radius 2 is 2.33 bits per heavy atom. The second kappa shape index (κ2) is 2.96. The van der Waals surface area contributed by atoms with Gasteiger partial charge in [0.25, 0.3) is 0 Å². The summed E-state index contributed by atoms with van der Waals surface area (Å²) in [7, 11) is 0. The largest absolute Gasteiger partial charge is 0.478 e. The number of nitrogens with zero attached hydrogens (tertiary/aromatic N) is 2. The van der Waals surface area contributed by atoms with Crippen LogP contribution < -0.4 is 0 Å². The number of carboxylic acids is 1. The lowest BCUT2D eigenvalue weighted by Gasteiger charge is -1.95. The number of nitriles is 1. The molecule has 0 aromatic carbocycles. The van der Waals surface area contributed by atoms with Crippen molar-refractivity contribution in [2.75, 3.05) is 0 Å². The Kier molecular flexibility index (Phi) is 2.01. The van der Waals surface area contributed by atoms with Crippen LogP contribution in [0, 0.1) is 17.1 Å². The maximum Gasteiger partial charge on any atom is 0.340 e. The lowest BCUT2D eigenvalue weighted by molar-refractivity contribution is 0.0691. The van der Waals surface area contributed by atoms with Gasteiger partial charge in [-0.05, 0) is 0 Å². The average Bonchev–Trinajstić information content (AvgIpc) is 2.04. The van der Waals surface area contributed by atoms with Crippen molar-refractivity contribution in [2.45, 2.75) is 0 Å². The van der Waals surface area contributed by atoms with E-state index in [1.165, 1.54) is 6.07 Å². The summed E-state index contributed by atoms with van der Waals surface area (Å²) >= 11 is 0. The van der Waals surface area contributed by atoms with Crippen LogP contribution in [0.2, 0.25) is 0 Å². The summed E-state index contributed by atoms with van der Waals surface area (Å²) in [5, 5.41) is 16.7. The monoisotopic (exact) mass is 166 g/mol. The van der Waals surface area contributed by atoms with Gasteiger partial charge in [0, 0.05) is 12.4 Å². The SMILES string of the molecule is N#Cc1cncc(C(=O)O)c1F. The van der Waals surface area contributed by atoms with Gasteiger partial charge in [-0.2, -0.15) is 5.26 Å². The van der Waals surface area contributed by atoms with Gasteiger partial charge >= 0.3 is 5.97 Å². The fourth-order valence-corrected chi connectivity index (χ4v) is 0.672. The first-order valence-corrected chi connectivity index (χ1v) is 2.93. The maximum atomic E-state index is 12.9. The van der Waals surface area contributed by atoms with Crippen LogP contribution in [0.5, 0.6) is 0 Å². The van der Waals surface area contributed by atoms with E-state index in [9.17, 15) is 9.18 Å². The maximum absolute atomic E-state index is 12.9. The van der Waals surface area contributed by atoms with Gasteiger partial charge < -0.3 is 5.11 Å². The molecule has 0 saturated carbocycles. The molecule has 0 radical (unpaired) electrons. The normalized spacial score (nSPS) is 9.00. The fourth-order valence-electron chi connectivity index (χ4n) is 0.672. The highest BCUT2D eigenvalue weighted by Crippen LogP contribution is 2.09. The van der Waals surface area contributed by atoms with Crippen LogP contribution in [0.4, 0.5) is 4.39 Å². The van der Waals surface area contributed by atoms with Crippen molar-refractivity contribution in [1.29, 1.82) is 5.26 Å². The van der Waals surface area contributed by atoms with Gasteiger partial charge in [0.2, 0.25) is 0 Å². The summed E-state index contributed by atoms with van der Waals surface area (Å²) in [5.41, 5.74) is -0.955. The number of rotatable bonds is 1. The molecule has 0 saturated heterocycles. The fraction of sp³-hybridized carbons (Fsp3) is 0. The molecule has 12 heavy (non-hydrogen) atoms. The Morgan fingerprint density at radius 3 is 2.83 bits per heavy atom. The summed E-state index contributed by atoms with van der Waals surface area (Å²) in [5.74, 6) is -2.47. The van der Waals surface area contributed by atoms with E-state index in [2.05, 4.69) is 4.98 Å². The third-order valence-corrected chi connectivity index (χ3v) is 1.23. The van der Waals surface area contributed by atoms with Gasteiger partial charge in [0.15, 0.2) is 5.82 Å². The van der Waals surface area contributed by atoms with Gasteiger partial charge in [-0.15, -0.1) is 0 Å². The summed E-state index contributed by atoms with van der Waals surface area (Å²) < 4.78 is 12.9. The standard InChI is InChI=1S/C7H3FN2O2/c8-6-4(1-9)2-10-3-5(6)7(11)12/h2-3H,(H,11,12). The summed E-state index contributed by atoms with van der Waals surface area (Å²) in [6.45, 7) is 0. The third-order valence-electron chi connectivity index (χ3n) is 1.23. The number of carboxylic acid groups (broad SMARTS) is 1. The highest BCUT2D eigenvalue weighted by Gasteiger charge is 2.13. The molecule has 60 valence electrons. The van der Waals surface area contributed by atoms with E-state index < -0.39 is 17.3 Å². The van der Waals surface area contributed by atoms with Crippen LogP contribution in [0.1, 0.15) is 15.9 Å². The number of aromatic carboxylic acids is 1. The first-order chi connectivity index (χ1) is 5.66. The molecule has 0 spiro atoms. The summed E-state index contributed by atoms with van der Waals surface area (Å²) in [4.78, 5) is 13.7. The van der Waals surface area contributed by atoms with Crippen LogP contribution in [0.15, 0.2) is 12.4 Å². The van der Waals surface area contributed by atoms with Crippen LogP contribution in [-0.4, -0.2) is 16.1 Å². The Hall–Kier alpha value is -1.96. The van der Waals surface area contributed by atoms with Crippen molar-refractivity contribution in [1.82, 2.24) is 4.98 Å². The number of carbonyl (C=O) groups is 1. The molecule has 0 aliphatic rings. The molecule has 1 aromatic rings. The molecule has 1 aromatic heterocycles. The lowest BCUT2D eigenvalue weighted by atomic mass is 10.2. The van der Waals surface area contributed by atoms with E-state index in [1.807, 2.05) is 0 Å². The Balaban J connectivity index is 3.35. The molecule has 0 fully saturated rings. The molecule has 4 nitrogen and oxygen atoms in total. The van der Waals surface area contributed by atoms with Gasteiger partial charge in [-0.1, -0.05) is 0 Å². The predicted molar refractivity (Wildman–Crippen MR) is 35.9 cm³/mol. The first kappa shape index (κ1) is 8.14. The summed E-state index contributed by atoms with van der Waals surface area (Å²) in [6, 6.07) is 1.49. The van der Waals surface area contributed by atoms with E-state index in [0.29, 0.717) is 0 Å². The van der Waals surface area contributed by atoms with Gasteiger partial charge in [0.05, 0.1) is 0 Å². The van der Waals surface area contributed by atoms with E-state index in [4.69, 9.17) is 10.4 Å². The molecule has 1 heterocycles. The topological polar surface area (TPSA) is 74.0 Å². The summed E-state index contributed by atoms with van der Waals surface area (Å²) in [6.07, 6.45) is 1.83. The highest BCUT2D eigenvalue weighted by molar-refractivity contribution is 5.87. The van der Waals surface area contributed by atoms with Crippen LogP contribution in [0.25, 0.3) is 0 Å². The third kappa shape index (κ3) is 1.22. The van der Waals surface area contributed by atoms with Crippen LogP contribution in [-0.2, 0) is 0 Å². The van der Waals surface area contributed by atoms with E-state index in [-0.39, 0.29) is 5.56 Å². The average molecular weight is 166 g/mol. The van der Waals surface area contributed by atoms with E-state index in [1.54, 1.807) is 0 Å². The molecule has 0 bridgehead atoms. The zero-order valence-electron chi connectivity index (χ0n) is 5.78. The van der Waals surface area contributed by atoms with Gasteiger partial charge in [-0.25, -0.2) is 9.18 Å². The van der Waals surface area contributed by atoms with Crippen molar-refractivity contribution in [3.05, 3.63) is 29.3 Å². The molecule has 0 unspecified atom stereocenters.